The highest BCUT2D eigenvalue weighted by atomic mass is 127. The predicted octanol–water partition coefficient (Wildman–Crippen LogP) is 8.50. The van der Waals surface area contributed by atoms with Gasteiger partial charge in [-0.05, 0) is 95.3 Å². The van der Waals surface area contributed by atoms with Crippen molar-refractivity contribution in [2.24, 2.45) is 0 Å². The normalized spacial score (nSPS) is 13.0. The molecule has 4 aromatic rings. The Kier molecular flexibility index (Phi) is 7.84. The molecular weight excluding hydrogens is 583 g/mol. The average Bonchev–Trinajstić information content (AvgIpc) is 3.32. The van der Waals surface area contributed by atoms with E-state index in [1.807, 2.05) is 30.5 Å². The molecule has 0 fully saturated rings. The van der Waals surface area contributed by atoms with Crippen LogP contribution >= 0.6 is 22.6 Å². The van der Waals surface area contributed by atoms with Gasteiger partial charge in [0.2, 0.25) is 16.6 Å². The van der Waals surface area contributed by atoms with E-state index in [0.29, 0.717) is 0 Å². The number of H-pyrrole nitrogens is 2. The first-order chi connectivity index (χ1) is 16.0. The fourth-order valence-electron chi connectivity index (χ4n) is 2.90. The van der Waals surface area contributed by atoms with Crippen molar-refractivity contribution in [2.45, 2.75) is 77.8 Å². The van der Waals surface area contributed by atoms with Crippen LogP contribution in [0.2, 0.25) is 36.3 Å². The van der Waals surface area contributed by atoms with Crippen molar-refractivity contribution in [3.8, 4) is 11.5 Å². The van der Waals surface area contributed by atoms with Crippen LogP contribution in [0.5, 0.6) is 11.5 Å². The second-order valence-electron chi connectivity index (χ2n) is 12.1. The Bertz CT molecular complexity index is 1300. The Balaban J connectivity index is 0.000000196. The molecular formula is C26H39IN4O2Si2. The lowest BCUT2D eigenvalue weighted by atomic mass is 10.2. The number of hydrogen-bond donors (Lipinski definition) is 2. The molecule has 4 rings (SSSR count). The van der Waals surface area contributed by atoms with E-state index in [1.54, 1.807) is 0 Å². The minimum absolute atomic E-state index is 0.214. The van der Waals surface area contributed by atoms with E-state index in [1.165, 1.54) is 0 Å². The van der Waals surface area contributed by atoms with Crippen molar-refractivity contribution in [1.29, 1.82) is 0 Å². The van der Waals surface area contributed by atoms with Crippen LogP contribution in [-0.4, -0.2) is 37.0 Å². The Morgan fingerprint density at radius 1 is 0.771 bits per heavy atom. The zero-order valence-corrected chi connectivity index (χ0v) is 26.8. The van der Waals surface area contributed by atoms with Crippen LogP contribution in [0.4, 0.5) is 0 Å². The summed E-state index contributed by atoms with van der Waals surface area (Å²) in [7, 11) is -3.51. The van der Waals surface area contributed by atoms with Gasteiger partial charge in [-0.1, -0.05) is 41.5 Å². The quantitative estimate of drug-likeness (QED) is 0.177. The molecule has 35 heavy (non-hydrogen) atoms. The van der Waals surface area contributed by atoms with Crippen LogP contribution in [0.3, 0.4) is 0 Å². The predicted molar refractivity (Wildman–Crippen MR) is 161 cm³/mol. The number of benzene rings is 2. The zero-order chi connectivity index (χ0) is 26.2. The van der Waals surface area contributed by atoms with Crippen LogP contribution < -0.4 is 8.85 Å². The van der Waals surface area contributed by atoms with Crippen molar-refractivity contribution >= 4 is 61.0 Å². The van der Waals surface area contributed by atoms with Gasteiger partial charge in [-0.15, -0.1) is 0 Å². The molecule has 190 valence electrons. The van der Waals surface area contributed by atoms with Gasteiger partial charge < -0.3 is 8.85 Å². The molecule has 0 spiro atoms. The maximum absolute atomic E-state index is 6.29. The zero-order valence-electron chi connectivity index (χ0n) is 22.6. The number of aromatic nitrogens is 4. The second-order valence-corrected chi connectivity index (χ2v) is 22.6. The van der Waals surface area contributed by atoms with Crippen LogP contribution in [0.25, 0.3) is 21.8 Å². The molecule has 0 aliphatic rings. The van der Waals surface area contributed by atoms with E-state index in [9.17, 15) is 0 Å². The van der Waals surface area contributed by atoms with Gasteiger partial charge in [0.15, 0.2) is 0 Å². The molecule has 0 saturated heterocycles. The van der Waals surface area contributed by atoms with E-state index in [0.717, 1.165) is 37.0 Å². The van der Waals surface area contributed by atoms with Gasteiger partial charge in [0, 0.05) is 10.8 Å². The average molecular weight is 623 g/mol. The number of aromatic amines is 2. The van der Waals surface area contributed by atoms with E-state index >= 15 is 0 Å². The summed E-state index contributed by atoms with van der Waals surface area (Å²) in [6, 6.07) is 12.2. The molecule has 0 atom stereocenters. The SMILES string of the molecule is CC(C)(C)[Si](C)(C)Oc1ccc2[nH]ncc2c1.CC(C)(C)[Si](C)(C)Oc1ccc2n[nH]c(I)c2c1. The van der Waals surface area contributed by atoms with Crippen molar-refractivity contribution < 1.29 is 8.85 Å². The summed E-state index contributed by atoms with van der Waals surface area (Å²) >= 11 is 2.26. The lowest BCUT2D eigenvalue weighted by molar-refractivity contribution is 0.492. The van der Waals surface area contributed by atoms with Crippen molar-refractivity contribution in [3.05, 3.63) is 46.3 Å². The number of hydrogen-bond acceptors (Lipinski definition) is 4. The van der Waals surface area contributed by atoms with Crippen LogP contribution in [0, 0.1) is 3.70 Å². The third-order valence-electron chi connectivity index (χ3n) is 7.25. The maximum atomic E-state index is 6.29. The fraction of sp³-hybridized carbons (Fsp3) is 0.462. The Morgan fingerprint density at radius 2 is 1.31 bits per heavy atom. The standard InChI is InChI=1S/C13H19IN2OSi.C13H20N2OSi/c1-13(2,3)18(4,5)17-9-6-7-11-10(8-9)12(14)16-15-11;1-13(2,3)17(4,5)16-11-6-7-12-10(8-11)9-14-15-12/h6-8H,1-5H3,(H,15,16);6-9H,1-5H3,(H,14,15). The number of nitrogens with zero attached hydrogens (tertiary/aromatic N) is 2. The summed E-state index contributed by atoms with van der Waals surface area (Å²) in [5.74, 6) is 1.90. The van der Waals surface area contributed by atoms with Crippen LogP contribution in [0.1, 0.15) is 41.5 Å². The van der Waals surface area contributed by atoms with Gasteiger partial charge >= 0.3 is 0 Å². The lowest BCUT2D eigenvalue weighted by Gasteiger charge is -2.36. The van der Waals surface area contributed by atoms with Gasteiger partial charge in [-0.3, -0.25) is 10.2 Å². The summed E-state index contributed by atoms with van der Waals surface area (Å²) in [5, 5.41) is 16.8. The first-order valence-electron chi connectivity index (χ1n) is 11.9. The molecule has 6 nitrogen and oxygen atoms in total. The molecule has 2 aromatic carbocycles. The summed E-state index contributed by atoms with van der Waals surface area (Å²) in [6.07, 6.45) is 1.83. The minimum Gasteiger partial charge on any atom is -0.543 e. The van der Waals surface area contributed by atoms with E-state index in [-0.39, 0.29) is 10.1 Å². The second kappa shape index (κ2) is 9.89. The molecule has 2 aromatic heterocycles. The van der Waals surface area contributed by atoms with E-state index in [2.05, 4.69) is 123 Å². The monoisotopic (exact) mass is 622 g/mol. The molecule has 0 saturated carbocycles. The molecule has 2 N–H and O–H groups in total. The molecule has 9 heteroatoms. The highest BCUT2D eigenvalue weighted by Gasteiger charge is 2.39. The summed E-state index contributed by atoms with van der Waals surface area (Å²) in [6.45, 7) is 22.5. The summed E-state index contributed by atoms with van der Waals surface area (Å²) in [4.78, 5) is 0. The van der Waals surface area contributed by atoms with Gasteiger partial charge in [-0.2, -0.15) is 10.2 Å². The van der Waals surface area contributed by atoms with E-state index in [4.69, 9.17) is 8.85 Å². The molecule has 0 aliphatic carbocycles. The van der Waals surface area contributed by atoms with Gasteiger partial charge in [0.05, 0.1) is 17.2 Å². The van der Waals surface area contributed by atoms with Gasteiger partial charge in [0.25, 0.3) is 0 Å². The third-order valence-corrected chi connectivity index (χ3v) is 16.8. The van der Waals surface area contributed by atoms with Gasteiger partial charge in [-0.25, -0.2) is 0 Å². The molecule has 0 unspecified atom stereocenters. The highest BCUT2D eigenvalue weighted by Crippen LogP contribution is 2.39. The maximum Gasteiger partial charge on any atom is 0.250 e. The van der Waals surface area contributed by atoms with E-state index < -0.39 is 16.6 Å². The largest absolute Gasteiger partial charge is 0.543 e. The van der Waals surface area contributed by atoms with Crippen molar-refractivity contribution in [1.82, 2.24) is 20.4 Å². The molecule has 0 radical (unpaired) electrons. The summed E-state index contributed by atoms with van der Waals surface area (Å²) in [5.41, 5.74) is 2.04. The smallest absolute Gasteiger partial charge is 0.250 e. The Morgan fingerprint density at radius 3 is 1.89 bits per heavy atom. The third kappa shape index (κ3) is 6.48. The number of halogens is 1. The number of rotatable bonds is 4. The minimum atomic E-state index is -1.76. The Labute approximate surface area is 225 Å². The fourth-order valence-corrected chi connectivity index (χ4v) is 5.50. The number of nitrogens with one attached hydrogen (secondary N) is 2. The van der Waals surface area contributed by atoms with Crippen LogP contribution in [-0.2, 0) is 0 Å². The highest BCUT2D eigenvalue weighted by molar-refractivity contribution is 14.1. The topological polar surface area (TPSA) is 75.8 Å². The van der Waals surface area contributed by atoms with Gasteiger partial charge in [0.1, 0.15) is 15.2 Å². The molecule has 0 bridgehead atoms. The van der Waals surface area contributed by atoms with Crippen molar-refractivity contribution in [2.75, 3.05) is 0 Å². The Hall–Kier alpha value is -1.86. The molecule has 0 amide bonds. The molecule has 2 heterocycles. The number of fused-ring (bicyclic) bond motifs is 2. The lowest BCUT2D eigenvalue weighted by Crippen LogP contribution is -2.43. The summed E-state index contributed by atoms with van der Waals surface area (Å²) < 4.78 is 13.6. The first-order valence-corrected chi connectivity index (χ1v) is 18.8. The van der Waals surface area contributed by atoms with Crippen molar-refractivity contribution in [3.63, 3.8) is 0 Å². The first kappa shape index (κ1) is 27.7. The molecule has 0 aliphatic heterocycles. The van der Waals surface area contributed by atoms with Crippen LogP contribution in [0.15, 0.2) is 42.6 Å².